The quantitative estimate of drug-likeness (QED) is 0.228. The zero-order valence-electron chi connectivity index (χ0n) is 19.1. The van der Waals surface area contributed by atoms with Crippen LogP contribution in [0.4, 0.5) is 0 Å². The first kappa shape index (κ1) is 23.0. The molecule has 0 aliphatic heterocycles. The lowest BCUT2D eigenvalue weighted by Gasteiger charge is -2.07. The molecule has 5 aromatic rings. The maximum atomic E-state index is 13.0. The number of hydrogen-bond donors (Lipinski definition) is 0. The molecule has 5 rings (SSSR count). The Bertz CT molecular complexity index is 1670. The lowest BCUT2D eigenvalue weighted by atomic mass is 10.1. The van der Waals surface area contributed by atoms with Crippen molar-refractivity contribution in [2.24, 2.45) is 9.98 Å². The lowest BCUT2D eigenvalue weighted by molar-refractivity contribution is 0.596. The molecule has 0 unspecified atom stereocenters. The van der Waals surface area contributed by atoms with Crippen LogP contribution in [0, 0.1) is 6.92 Å². The number of amidine groups is 1. The predicted octanol–water partition coefficient (Wildman–Crippen LogP) is 5.78. The largest absolute Gasteiger partial charge is 0.285 e. The Hall–Kier alpha value is -3.81. The number of aryl methyl sites for hydroxylation is 1. The van der Waals surface area contributed by atoms with E-state index in [0.717, 1.165) is 27.0 Å². The first-order chi connectivity index (χ1) is 17.0. The Morgan fingerprint density at radius 2 is 1.43 bits per heavy atom. The van der Waals surface area contributed by atoms with Gasteiger partial charge in [0.05, 0.1) is 15.1 Å². The van der Waals surface area contributed by atoms with Gasteiger partial charge in [0.2, 0.25) is 0 Å². The van der Waals surface area contributed by atoms with E-state index in [1.807, 2.05) is 73.7 Å². The molecule has 0 saturated carbocycles. The third-order valence-corrected chi connectivity index (χ3v) is 7.99. The molecular formula is C28H23N3O2S2. The van der Waals surface area contributed by atoms with Gasteiger partial charge in [0, 0.05) is 11.3 Å². The molecule has 0 fully saturated rings. The summed E-state index contributed by atoms with van der Waals surface area (Å²) in [6.07, 6.45) is 0. The third-order valence-electron chi connectivity index (χ3n) is 5.51. The van der Waals surface area contributed by atoms with Gasteiger partial charge in [0.1, 0.15) is 5.88 Å². The second-order valence-electron chi connectivity index (χ2n) is 8.04. The van der Waals surface area contributed by atoms with Crippen molar-refractivity contribution < 1.29 is 8.42 Å². The Labute approximate surface area is 208 Å². The molecule has 5 nitrogen and oxygen atoms in total. The number of benzene rings is 4. The predicted molar refractivity (Wildman–Crippen MR) is 143 cm³/mol. The number of aliphatic imine (C=N–C) groups is 1. The molecule has 0 bridgehead atoms. The Kier molecular flexibility index (Phi) is 6.44. The summed E-state index contributed by atoms with van der Waals surface area (Å²) in [6.45, 7) is 2.01. The van der Waals surface area contributed by atoms with Gasteiger partial charge < -0.3 is 0 Å². The van der Waals surface area contributed by atoms with Gasteiger partial charge in [-0.3, -0.25) is 4.57 Å². The van der Waals surface area contributed by atoms with E-state index in [2.05, 4.69) is 21.7 Å². The van der Waals surface area contributed by atoms with Crippen LogP contribution in [0.1, 0.15) is 11.1 Å². The zero-order valence-corrected chi connectivity index (χ0v) is 20.7. The molecule has 0 saturated heterocycles. The van der Waals surface area contributed by atoms with Crippen molar-refractivity contribution in [3.05, 3.63) is 125 Å². The van der Waals surface area contributed by atoms with Gasteiger partial charge in [-0.15, -0.1) is 0 Å². The summed E-state index contributed by atoms with van der Waals surface area (Å²) in [7, 11) is -3.60. The highest BCUT2D eigenvalue weighted by Gasteiger charge is 2.15. The molecule has 0 radical (unpaired) electrons. The molecule has 35 heavy (non-hydrogen) atoms. The molecule has 0 amide bonds. The maximum Gasteiger partial charge on any atom is 0.198 e. The topological polar surface area (TPSA) is 63.8 Å². The first-order valence-corrected chi connectivity index (χ1v) is 13.6. The number of fused-ring (bicyclic) bond motifs is 1. The molecule has 0 N–H and O–H groups in total. The third kappa shape index (κ3) is 5.01. The van der Waals surface area contributed by atoms with Crippen molar-refractivity contribution in [2.75, 3.05) is 5.88 Å². The van der Waals surface area contributed by atoms with Gasteiger partial charge in [0.25, 0.3) is 0 Å². The van der Waals surface area contributed by atoms with Crippen molar-refractivity contribution in [3.8, 4) is 5.69 Å². The summed E-state index contributed by atoms with van der Waals surface area (Å²) < 4.78 is 29.1. The smallest absolute Gasteiger partial charge is 0.198 e. The molecule has 0 atom stereocenters. The van der Waals surface area contributed by atoms with E-state index in [4.69, 9.17) is 4.99 Å². The van der Waals surface area contributed by atoms with Crippen LogP contribution in [0.5, 0.6) is 0 Å². The minimum atomic E-state index is -3.60. The molecule has 0 aliphatic rings. The number of aromatic nitrogens is 1. The SMILES string of the molecule is Cc1ccc(C(=NCS(=O)(=O)c2ccccc2)N=c2sc3ccccc3n2-c2ccccc2)cc1. The number of thiazole rings is 1. The summed E-state index contributed by atoms with van der Waals surface area (Å²) in [5.74, 6) is -0.0132. The second kappa shape index (κ2) is 9.82. The maximum absolute atomic E-state index is 13.0. The summed E-state index contributed by atoms with van der Waals surface area (Å²) >= 11 is 1.54. The molecule has 174 valence electrons. The fraction of sp³-hybridized carbons (Fsp3) is 0.0714. The molecule has 0 aliphatic carbocycles. The number of nitrogens with zero attached hydrogens (tertiary/aromatic N) is 3. The van der Waals surface area contributed by atoms with Crippen LogP contribution >= 0.6 is 11.3 Å². The van der Waals surface area contributed by atoms with E-state index in [1.54, 1.807) is 41.7 Å². The van der Waals surface area contributed by atoms with Gasteiger partial charge >= 0.3 is 0 Å². The molecular weight excluding hydrogens is 474 g/mol. The average Bonchev–Trinajstić information content (AvgIpc) is 3.26. The molecule has 1 heterocycles. The number of para-hydroxylation sites is 2. The number of sulfone groups is 1. The van der Waals surface area contributed by atoms with Gasteiger partial charge in [-0.25, -0.2) is 18.4 Å². The zero-order chi connectivity index (χ0) is 24.3. The highest BCUT2D eigenvalue weighted by atomic mass is 32.2. The van der Waals surface area contributed by atoms with Crippen molar-refractivity contribution >= 4 is 37.2 Å². The van der Waals surface area contributed by atoms with Gasteiger partial charge in [-0.1, -0.05) is 89.7 Å². The van der Waals surface area contributed by atoms with Gasteiger partial charge in [-0.2, -0.15) is 0 Å². The highest BCUT2D eigenvalue weighted by molar-refractivity contribution is 7.91. The van der Waals surface area contributed by atoms with Crippen LogP contribution in [-0.2, 0) is 9.84 Å². The summed E-state index contributed by atoms with van der Waals surface area (Å²) in [6, 6.07) is 34.3. The van der Waals surface area contributed by atoms with Crippen LogP contribution in [-0.4, -0.2) is 24.7 Å². The standard InChI is InChI=1S/C28H23N3O2S2/c1-21-16-18-22(19-17-21)27(29-20-35(32,33)24-12-6-3-7-13-24)30-28-31(23-10-4-2-5-11-23)25-14-8-9-15-26(25)34-28/h2-19H,20H2,1H3. The summed E-state index contributed by atoms with van der Waals surface area (Å²) in [4.78, 5) is 10.4. The summed E-state index contributed by atoms with van der Waals surface area (Å²) in [5.41, 5.74) is 3.87. The minimum Gasteiger partial charge on any atom is -0.285 e. The van der Waals surface area contributed by atoms with Gasteiger partial charge in [-0.05, 0) is 43.3 Å². The van der Waals surface area contributed by atoms with E-state index in [-0.39, 0.29) is 10.8 Å². The van der Waals surface area contributed by atoms with E-state index in [0.29, 0.717) is 10.6 Å². The van der Waals surface area contributed by atoms with Crippen molar-refractivity contribution in [3.63, 3.8) is 0 Å². The molecule has 1 aromatic heterocycles. The van der Waals surface area contributed by atoms with Crippen LogP contribution in [0.15, 0.2) is 124 Å². The van der Waals surface area contributed by atoms with Crippen molar-refractivity contribution in [1.29, 1.82) is 0 Å². The molecule has 4 aromatic carbocycles. The first-order valence-electron chi connectivity index (χ1n) is 11.1. The van der Waals surface area contributed by atoms with Crippen LogP contribution < -0.4 is 4.80 Å². The molecule has 0 spiro atoms. The van der Waals surface area contributed by atoms with Crippen molar-refractivity contribution in [1.82, 2.24) is 4.57 Å². The molecule has 7 heteroatoms. The fourth-order valence-corrected chi connectivity index (χ4v) is 5.76. The second-order valence-corrected chi connectivity index (χ2v) is 11.0. The number of rotatable bonds is 5. The Morgan fingerprint density at radius 3 is 2.14 bits per heavy atom. The summed E-state index contributed by atoms with van der Waals surface area (Å²) in [5, 5.41) is 0. The van der Waals surface area contributed by atoms with E-state index >= 15 is 0 Å². The van der Waals surface area contributed by atoms with Gasteiger partial charge in [0.15, 0.2) is 20.5 Å². The van der Waals surface area contributed by atoms with Crippen LogP contribution in [0.3, 0.4) is 0 Å². The van der Waals surface area contributed by atoms with E-state index in [9.17, 15) is 8.42 Å². The average molecular weight is 498 g/mol. The fourth-order valence-electron chi connectivity index (χ4n) is 3.71. The van der Waals surface area contributed by atoms with E-state index in [1.165, 1.54) is 0 Å². The lowest BCUT2D eigenvalue weighted by Crippen LogP contribution is -2.16. The van der Waals surface area contributed by atoms with Crippen LogP contribution in [0.25, 0.3) is 15.9 Å². The van der Waals surface area contributed by atoms with Crippen molar-refractivity contribution in [2.45, 2.75) is 11.8 Å². The normalized spacial score (nSPS) is 12.8. The van der Waals surface area contributed by atoms with Crippen LogP contribution in [0.2, 0.25) is 0 Å². The highest BCUT2D eigenvalue weighted by Crippen LogP contribution is 2.21. The monoisotopic (exact) mass is 497 g/mol. The van der Waals surface area contributed by atoms with E-state index < -0.39 is 9.84 Å². The number of hydrogen-bond acceptors (Lipinski definition) is 4. The Balaban J connectivity index is 1.69. The Morgan fingerprint density at radius 1 is 0.800 bits per heavy atom. The minimum absolute atomic E-state index is 0.244.